The Labute approximate surface area is 86.3 Å². The Morgan fingerprint density at radius 3 is 2.46 bits per heavy atom. The van der Waals surface area contributed by atoms with Gasteiger partial charge in [-0.2, -0.15) is 0 Å². The molecule has 0 radical (unpaired) electrons. The zero-order valence-electron chi connectivity index (χ0n) is 7.33. The Kier molecular flexibility index (Phi) is 2.98. The van der Waals surface area contributed by atoms with Gasteiger partial charge in [0.25, 0.3) is 0 Å². The molecule has 0 aliphatic carbocycles. The third-order valence-corrected chi connectivity index (χ3v) is 2.57. The normalized spacial score (nSPS) is 11.3. The third kappa shape index (κ3) is 3.36. The molecule has 1 N–H and O–H groups in total. The maximum absolute atomic E-state index is 10.9. The van der Waals surface area contributed by atoms with Crippen molar-refractivity contribution in [3.05, 3.63) is 28.2 Å². The van der Waals surface area contributed by atoms with E-state index in [4.69, 9.17) is 0 Å². The molecular weight excluding hydrogens is 254 g/mol. The van der Waals surface area contributed by atoms with E-state index < -0.39 is 10.0 Å². The molecule has 0 atom stereocenters. The molecule has 0 heterocycles. The zero-order chi connectivity index (χ0) is 10.1. The third-order valence-electron chi connectivity index (χ3n) is 1.48. The fraction of sp³-hybridized carbons (Fsp3) is 0.250. The van der Waals surface area contributed by atoms with E-state index >= 15 is 0 Å². The predicted molar refractivity (Wildman–Crippen MR) is 57.3 cm³/mol. The Balaban J connectivity index is 3.04. The van der Waals surface area contributed by atoms with Crippen molar-refractivity contribution < 1.29 is 8.42 Å². The average molecular weight is 264 g/mol. The van der Waals surface area contributed by atoms with Gasteiger partial charge in [-0.1, -0.05) is 15.9 Å². The first-order valence-electron chi connectivity index (χ1n) is 3.62. The van der Waals surface area contributed by atoms with Crippen molar-refractivity contribution in [3.8, 4) is 0 Å². The lowest BCUT2D eigenvalue weighted by Gasteiger charge is -2.07. The van der Waals surface area contributed by atoms with Crippen LogP contribution in [0.5, 0.6) is 0 Å². The summed E-state index contributed by atoms with van der Waals surface area (Å²) in [5, 5.41) is 0. The van der Waals surface area contributed by atoms with Crippen molar-refractivity contribution in [2.45, 2.75) is 6.92 Å². The summed E-state index contributed by atoms with van der Waals surface area (Å²) in [5.41, 5.74) is 1.51. The SMILES string of the molecule is Cc1cc(Br)ccc1NS(C)(=O)=O. The summed E-state index contributed by atoms with van der Waals surface area (Å²) in [5.74, 6) is 0. The highest BCUT2D eigenvalue weighted by Gasteiger charge is 2.04. The monoisotopic (exact) mass is 263 g/mol. The topological polar surface area (TPSA) is 46.2 Å². The maximum atomic E-state index is 10.9. The minimum atomic E-state index is -3.18. The van der Waals surface area contributed by atoms with Crippen LogP contribution in [0.3, 0.4) is 0 Å². The van der Waals surface area contributed by atoms with Gasteiger partial charge in [-0.05, 0) is 30.7 Å². The maximum Gasteiger partial charge on any atom is 0.229 e. The number of anilines is 1. The number of rotatable bonds is 2. The second kappa shape index (κ2) is 3.67. The van der Waals surface area contributed by atoms with Crippen LogP contribution in [0.15, 0.2) is 22.7 Å². The van der Waals surface area contributed by atoms with Crippen molar-refractivity contribution in [1.29, 1.82) is 0 Å². The van der Waals surface area contributed by atoms with Crippen LogP contribution in [0.4, 0.5) is 5.69 Å². The number of aryl methyl sites for hydroxylation is 1. The largest absolute Gasteiger partial charge is 0.284 e. The first-order valence-corrected chi connectivity index (χ1v) is 6.31. The number of sulfonamides is 1. The fourth-order valence-electron chi connectivity index (χ4n) is 0.941. The van der Waals surface area contributed by atoms with Gasteiger partial charge >= 0.3 is 0 Å². The molecule has 0 aromatic heterocycles. The summed E-state index contributed by atoms with van der Waals surface area (Å²) >= 11 is 3.30. The number of nitrogens with one attached hydrogen (secondary N) is 1. The van der Waals surface area contributed by atoms with E-state index in [0.717, 1.165) is 16.3 Å². The molecule has 13 heavy (non-hydrogen) atoms. The first kappa shape index (κ1) is 10.5. The van der Waals surface area contributed by atoms with Crippen LogP contribution in [0.2, 0.25) is 0 Å². The van der Waals surface area contributed by atoms with Gasteiger partial charge in [-0.25, -0.2) is 8.42 Å². The summed E-state index contributed by atoms with van der Waals surface area (Å²) < 4.78 is 25.2. The minimum absolute atomic E-state index is 0.616. The van der Waals surface area contributed by atoms with Crippen LogP contribution in [0.25, 0.3) is 0 Å². The molecular formula is C8H10BrNO2S. The van der Waals surface area contributed by atoms with Gasteiger partial charge in [0.2, 0.25) is 10.0 Å². The van der Waals surface area contributed by atoms with Crippen molar-refractivity contribution >= 4 is 31.6 Å². The van der Waals surface area contributed by atoms with E-state index in [1.54, 1.807) is 12.1 Å². The number of halogens is 1. The van der Waals surface area contributed by atoms with Gasteiger partial charge in [-0.3, -0.25) is 4.72 Å². The Bertz CT molecular complexity index is 414. The van der Waals surface area contributed by atoms with Crippen molar-refractivity contribution in [3.63, 3.8) is 0 Å². The molecule has 0 aliphatic heterocycles. The van der Waals surface area contributed by atoms with Crippen LogP contribution in [-0.2, 0) is 10.0 Å². The Hall–Kier alpha value is -0.550. The summed E-state index contributed by atoms with van der Waals surface area (Å²) in [6.07, 6.45) is 1.13. The van der Waals surface area contributed by atoms with Gasteiger partial charge in [0.15, 0.2) is 0 Å². The Morgan fingerprint density at radius 1 is 1.38 bits per heavy atom. The van der Waals surface area contributed by atoms with Crippen LogP contribution in [0.1, 0.15) is 5.56 Å². The van der Waals surface area contributed by atoms with Crippen molar-refractivity contribution in [2.75, 3.05) is 11.0 Å². The molecule has 1 aromatic carbocycles. The molecule has 0 aliphatic rings. The molecule has 0 saturated carbocycles. The van der Waals surface area contributed by atoms with Crippen LogP contribution >= 0.6 is 15.9 Å². The highest BCUT2D eigenvalue weighted by atomic mass is 79.9. The quantitative estimate of drug-likeness (QED) is 0.889. The van der Waals surface area contributed by atoms with Crippen LogP contribution in [-0.4, -0.2) is 14.7 Å². The molecule has 1 rings (SSSR count). The summed E-state index contributed by atoms with van der Waals surface area (Å²) in [4.78, 5) is 0. The summed E-state index contributed by atoms with van der Waals surface area (Å²) in [6.45, 7) is 1.85. The van der Waals surface area contributed by atoms with Gasteiger partial charge in [-0.15, -0.1) is 0 Å². The van der Waals surface area contributed by atoms with E-state index in [2.05, 4.69) is 20.7 Å². The molecule has 0 spiro atoms. The number of hydrogen-bond donors (Lipinski definition) is 1. The van der Waals surface area contributed by atoms with E-state index in [-0.39, 0.29) is 0 Å². The van der Waals surface area contributed by atoms with Crippen LogP contribution in [0, 0.1) is 6.92 Å². The summed E-state index contributed by atoms with van der Waals surface area (Å²) in [7, 11) is -3.18. The smallest absolute Gasteiger partial charge is 0.229 e. The first-order chi connectivity index (χ1) is 5.88. The fourth-order valence-corrected chi connectivity index (χ4v) is 2.05. The van der Waals surface area contributed by atoms with Gasteiger partial charge in [0.05, 0.1) is 11.9 Å². The van der Waals surface area contributed by atoms with E-state index in [1.165, 1.54) is 0 Å². The molecule has 0 unspecified atom stereocenters. The van der Waals surface area contributed by atoms with E-state index in [1.807, 2.05) is 13.0 Å². The lowest BCUT2D eigenvalue weighted by Crippen LogP contribution is -2.10. The van der Waals surface area contributed by atoms with E-state index in [0.29, 0.717) is 5.69 Å². The van der Waals surface area contributed by atoms with Crippen molar-refractivity contribution in [2.24, 2.45) is 0 Å². The van der Waals surface area contributed by atoms with Gasteiger partial charge in [0, 0.05) is 4.47 Å². The number of hydrogen-bond acceptors (Lipinski definition) is 2. The van der Waals surface area contributed by atoms with Gasteiger partial charge < -0.3 is 0 Å². The minimum Gasteiger partial charge on any atom is -0.284 e. The van der Waals surface area contributed by atoms with Gasteiger partial charge in [0.1, 0.15) is 0 Å². The zero-order valence-corrected chi connectivity index (χ0v) is 9.74. The predicted octanol–water partition coefficient (Wildman–Crippen LogP) is 2.13. The highest BCUT2D eigenvalue weighted by molar-refractivity contribution is 9.10. The van der Waals surface area contributed by atoms with E-state index in [9.17, 15) is 8.42 Å². The lowest BCUT2D eigenvalue weighted by atomic mass is 10.2. The Morgan fingerprint density at radius 2 is 2.00 bits per heavy atom. The molecule has 0 amide bonds. The molecule has 3 nitrogen and oxygen atoms in total. The second-order valence-electron chi connectivity index (χ2n) is 2.83. The lowest BCUT2D eigenvalue weighted by molar-refractivity contribution is 0.607. The standard InChI is InChI=1S/C8H10BrNO2S/c1-6-5-7(9)3-4-8(6)10-13(2,11)12/h3-5,10H,1-2H3. The highest BCUT2D eigenvalue weighted by Crippen LogP contribution is 2.20. The second-order valence-corrected chi connectivity index (χ2v) is 5.50. The molecule has 0 saturated heterocycles. The van der Waals surface area contributed by atoms with Crippen molar-refractivity contribution in [1.82, 2.24) is 0 Å². The summed E-state index contributed by atoms with van der Waals surface area (Å²) in [6, 6.07) is 5.37. The number of benzene rings is 1. The van der Waals surface area contributed by atoms with Crippen LogP contribution < -0.4 is 4.72 Å². The molecule has 0 bridgehead atoms. The molecule has 1 aromatic rings. The molecule has 0 fully saturated rings. The molecule has 72 valence electrons. The molecule has 5 heteroatoms. The average Bonchev–Trinajstić information content (AvgIpc) is 1.93.